The van der Waals surface area contributed by atoms with Gasteiger partial charge in [-0.15, -0.1) is 0 Å². The summed E-state index contributed by atoms with van der Waals surface area (Å²) in [5.41, 5.74) is 3.14. The molecule has 30 heavy (non-hydrogen) atoms. The van der Waals surface area contributed by atoms with E-state index in [-0.39, 0.29) is 0 Å². The molecule has 1 aliphatic heterocycles. The number of rotatable bonds is 6. The van der Waals surface area contributed by atoms with Crippen molar-refractivity contribution in [1.29, 1.82) is 0 Å². The molecule has 0 spiro atoms. The van der Waals surface area contributed by atoms with Crippen LogP contribution in [0.3, 0.4) is 0 Å². The highest BCUT2D eigenvalue weighted by Gasteiger charge is 2.39. The minimum Gasteiger partial charge on any atom is -0.337 e. The summed E-state index contributed by atoms with van der Waals surface area (Å²) in [6, 6.07) is 14.6. The van der Waals surface area contributed by atoms with Crippen molar-refractivity contribution in [1.82, 2.24) is 14.4 Å². The molecule has 1 aromatic heterocycles. The molecule has 0 bridgehead atoms. The van der Waals surface area contributed by atoms with E-state index >= 15 is 0 Å². The number of aromatic nitrogens is 2. The molecule has 2 heterocycles. The first-order chi connectivity index (χ1) is 14.3. The highest BCUT2D eigenvalue weighted by atomic mass is 32.2. The van der Waals surface area contributed by atoms with Gasteiger partial charge in [0.25, 0.3) is 0 Å². The van der Waals surface area contributed by atoms with Crippen LogP contribution in [0.5, 0.6) is 0 Å². The molecule has 158 valence electrons. The second kappa shape index (κ2) is 8.32. The van der Waals surface area contributed by atoms with Gasteiger partial charge in [0.05, 0.1) is 4.90 Å². The SMILES string of the molecule is Cc1ccc(-c2noc(C3CCCN3S(=O)(=O)c3ccc(CC(C)C)cc3)n2)cc1. The van der Waals surface area contributed by atoms with E-state index in [2.05, 4.69) is 24.0 Å². The Morgan fingerprint density at radius 2 is 1.80 bits per heavy atom. The van der Waals surface area contributed by atoms with E-state index in [1.807, 2.05) is 43.3 Å². The number of aryl methyl sites for hydroxylation is 1. The topological polar surface area (TPSA) is 76.3 Å². The summed E-state index contributed by atoms with van der Waals surface area (Å²) in [4.78, 5) is 4.82. The van der Waals surface area contributed by atoms with E-state index < -0.39 is 16.1 Å². The maximum absolute atomic E-state index is 13.3. The van der Waals surface area contributed by atoms with Crippen LogP contribution in [0.15, 0.2) is 57.9 Å². The van der Waals surface area contributed by atoms with Crippen molar-refractivity contribution >= 4 is 10.0 Å². The fourth-order valence-electron chi connectivity index (χ4n) is 3.87. The number of sulfonamides is 1. The molecule has 0 N–H and O–H groups in total. The Bertz CT molecular complexity index is 1100. The van der Waals surface area contributed by atoms with Gasteiger partial charge in [0.1, 0.15) is 6.04 Å². The van der Waals surface area contributed by atoms with Crippen LogP contribution in [-0.4, -0.2) is 29.4 Å². The third kappa shape index (κ3) is 4.18. The fourth-order valence-corrected chi connectivity index (χ4v) is 5.52. The van der Waals surface area contributed by atoms with Gasteiger partial charge < -0.3 is 4.52 Å². The lowest BCUT2D eigenvalue weighted by Gasteiger charge is -2.21. The number of nitrogens with zero attached hydrogens (tertiary/aromatic N) is 3. The Labute approximate surface area is 178 Å². The summed E-state index contributed by atoms with van der Waals surface area (Å²) in [7, 11) is -3.64. The highest BCUT2D eigenvalue weighted by molar-refractivity contribution is 7.89. The van der Waals surface area contributed by atoms with Gasteiger partial charge in [-0.3, -0.25) is 0 Å². The normalized spacial score (nSPS) is 17.7. The van der Waals surface area contributed by atoms with Gasteiger partial charge in [0.15, 0.2) is 0 Å². The molecule has 3 aromatic rings. The lowest BCUT2D eigenvalue weighted by atomic mass is 10.0. The van der Waals surface area contributed by atoms with E-state index in [0.717, 1.165) is 29.5 Å². The van der Waals surface area contributed by atoms with E-state index in [1.54, 1.807) is 12.1 Å². The van der Waals surface area contributed by atoms with Crippen LogP contribution in [0.2, 0.25) is 0 Å². The van der Waals surface area contributed by atoms with Crippen molar-refractivity contribution in [3.63, 3.8) is 0 Å². The number of benzene rings is 2. The van der Waals surface area contributed by atoms with Crippen molar-refractivity contribution in [2.75, 3.05) is 6.54 Å². The third-order valence-corrected chi connectivity index (χ3v) is 7.34. The van der Waals surface area contributed by atoms with Gasteiger partial charge in [-0.25, -0.2) is 8.42 Å². The van der Waals surface area contributed by atoms with E-state index in [9.17, 15) is 8.42 Å². The molecule has 1 unspecified atom stereocenters. The second-order valence-electron chi connectivity index (χ2n) is 8.34. The maximum Gasteiger partial charge on any atom is 0.245 e. The Morgan fingerprint density at radius 3 is 2.47 bits per heavy atom. The van der Waals surface area contributed by atoms with Gasteiger partial charge in [0, 0.05) is 12.1 Å². The molecule has 7 heteroatoms. The minimum absolute atomic E-state index is 0.306. The standard InChI is InChI=1S/C23H27N3O3S/c1-16(2)15-18-8-12-20(13-9-18)30(27,28)26-14-4-5-21(26)23-24-22(25-29-23)19-10-6-17(3)7-11-19/h6-13,16,21H,4-5,14-15H2,1-3H3. The molecule has 0 aliphatic carbocycles. The van der Waals surface area contributed by atoms with E-state index in [0.29, 0.717) is 35.5 Å². The van der Waals surface area contributed by atoms with Crippen LogP contribution in [-0.2, 0) is 16.4 Å². The van der Waals surface area contributed by atoms with Crippen molar-refractivity contribution in [2.24, 2.45) is 5.92 Å². The number of hydrogen-bond acceptors (Lipinski definition) is 5. The Kier molecular flexibility index (Phi) is 5.75. The molecule has 0 saturated carbocycles. The fraction of sp³-hybridized carbons (Fsp3) is 0.391. The van der Waals surface area contributed by atoms with Crippen LogP contribution >= 0.6 is 0 Å². The molecule has 1 fully saturated rings. The largest absolute Gasteiger partial charge is 0.337 e. The number of hydrogen-bond donors (Lipinski definition) is 0. The molecule has 2 aromatic carbocycles. The predicted octanol–water partition coefficient (Wildman–Crippen LogP) is 4.77. The van der Waals surface area contributed by atoms with E-state index in [1.165, 1.54) is 4.31 Å². The van der Waals surface area contributed by atoms with Crippen LogP contribution in [0.4, 0.5) is 0 Å². The summed E-state index contributed by atoms with van der Waals surface area (Å²) in [6.07, 6.45) is 2.36. The lowest BCUT2D eigenvalue weighted by Crippen LogP contribution is -2.30. The summed E-state index contributed by atoms with van der Waals surface area (Å²) in [6.45, 7) is 6.76. The molecular formula is C23H27N3O3S. The van der Waals surface area contributed by atoms with Crippen LogP contribution in [0.25, 0.3) is 11.4 Å². The molecule has 1 aliphatic rings. The summed E-state index contributed by atoms with van der Waals surface area (Å²) in [5, 5.41) is 4.08. The van der Waals surface area contributed by atoms with Gasteiger partial charge in [0.2, 0.25) is 21.7 Å². The van der Waals surface area contributed by atoms with Crippen LogP contribution in [0.1, 0.15) is 49.7 Å². The molecule has 1 saturated heterocycles. The molecule has 4 rings (SSSR count). The van der Waals surface area contributed by atoms with Crippen molar-refractivity contribution in [3.05, 3.63) is 65.5 Å². The van der Waals surface area contributed by atoms with Gasteiger partial charge >= 0.3 is 0 Å². The van der Waals surface area contributed by atoms with Gasteiger partial charge in [-0.05, 0) is 49.8 Å². The van der Waals surface area contributed by atoms with Gasteiger partial charge in [-0.2, -0.15) is 9.29 Å². The van der Waals surface area contributed by atoms with Crippen molar-refractivity contribution in [3.8, 4) is 11.4 Å². The molecule has 1 atom stereocenters. The van der Waals surface area contributed by atoms with Crippen LogP contribution < -0.4 is 0 Å². The zero-order chi connectivity index (χ0) is 21.3. The zero-order valence-corrected chi connectivity index (χ0v) is 18.4. The minimum atomic E-state index is -3.64. The maximum atomic E-state index is 13.3. The summed E-state index contributed by atoms with van der Waals surface area (Å²) >= 11 is 0. The average molecular weight is 426 g/mol. The Hall–Kier alpha value is -2.51. The molecule has 6 nitrogen and oxygen atoms in total. The second-order valence-corrected chi connectivity index (χ2v) is 10.2. The quantitative estimate of drug-likeness (QED) is 0.569. The first kappa shape index (κ1) is 20.8. The lowest BCUT2D eigenvalue weighted by molar-refractivity contribution is 0.290. The third-order valence-electron chi connectivity index (χ3n) is 5.41. The van der Waals surface area contributed by atoms with Crippen molar-refractivity contribution in [2.45, 2.75) is 51.0 Å². The first-order valence-electron chi connectivity index (χ1n) is 10.4. The van der Waals surface area contributed by atoms with Crippen LogP contribution in [0, 0.1) is 12.8 Å². The molecular weight excluding hydrogens is 398 g/mol. The first-order valence-corrected chi connectivity index (χ1v) is 11.8. The van der Waals surface area contributed by atoms with Gasteiger partial charge in [-0.1, -0.05) is 61.0 Å². The Balaban J connectivity index is 1.58. The summed E-state index contributed by atoms with van der Waals surface area (Å²) in [5.74, 6) is 1.35. The predicted molar refractivity (Wildman–Crippen MR) is 115 cm³/mol. The van der Waals surface area contributed by atoms with E-state index in [4.69, 9.17) is 4.52 Å². The van der Waals surface area contributed by atoms with Crippen molar-refractivity contribution < 1.29 is 12.9 Å². The molecule has 0 radical (unpaired) electrons. The smallest absolute Gasteiger partial charge is 0.245 e. The zero-order valence-electron chi connectivity index (χ0n) is 17.6. The highest BCUT2D eigenvalue weighted by Crippen LogP contribution is 2.36. The Morgan fingerprint density at radius 1 is 1.10 bits per heavy atom. The average Bonchev–Trinajstić information content (AvgIpc) is 3.38. The summed E-state index contributed by atoms with van der Waals surface area (Å²) < 4.78 is 33.6. The monoisotopic (exact) mass is 425 g/mol. The molecule has 0 amide bonds.